The minimum Gasteiger partial charge on any atom is -0.481 e. The van der Waals surface area contributed by atoms with Crippen molar-refractivity contribution >= 4 is 46.6 Å². The number of nitrogen functional groups attached to an aromatic ring is 1. The Morgan fingerprint density at radius 2 is 1.66 bits per heavy atom. The number of hydrogen-bond donors (Lipinski definition) is 10. The molecule has 2 aromatic heterocycles. The van der Waals surface area contributed by atoms with E-state index in [0.29, 0.717) is 0 Å². The smallest absolute Gasteiger partial charge is 0.326 e. The van der Waals surface area contributed by atoms with Crippen LogP contribution in [0.4, 0.5) is 11.6 Å². The number of carboxylic acid groups (broad SMARTS) is 2. The Bertz CT molecular complexity index is 1580. The fourth-order valence-corrected chi connectivity index (χ4v) is 3.90. The second-order valence-electron chi connectivity index (χ2n) is 9.43. The molecule has 1 aromatic carbocycles. The van der Waals surface area contributed by atoms with Gasteiger partial charge in [-0.3, -0.25) is 19.2 Å². The third kappa shape index (κ3) is 8.05. The molecule has 0 radical (unpaired) electrons. The van der Waals surface area contributed by atoms with Crippen LogP contribution in [0.5, 0.6) is 0 Å². The fraction of sp³-hybridized carbons (Fsp3) is 0.360. The molecule has 0 aliphatic carbocycles. The van der Waals surface area contributed by atoms with E-state index in [-0.39, 0.29) is 40.5 Å². The van der Waals surface area contributed by atoms with Crippen LogP contribution in [0.15, 0.2) is 35.3 Å². The number of aliphatic hydroxyl groups excluding tert-OH is 5. The number of aliphatic hydroxyl groups is 5. The highest BCUT2D eigenvalue weighted by molar-refractivity contribution is 5.99. The van der Waals surface area contributed by atoms with Gasteiger partial charge in [0.1, 0.15) is 24.4 Å². The summed E-state index contributed by atoms with van der Waals surface area (Å²) in [5.74, 6) is -5.06. The number of aromatic amines is 1. The van der Waals surface area contributed by atoms with Crippen molar-refractivity contribution in [3.63, 3.8) is 0 Å². The summed E-state index contributed by atoms with van der Waals surface area (Å²) in [6.45, 7) is -1.50. The van der Waals surface area contributed by atoms with Crippen molar-refractivity contribution in [2.75, 3.05) is 17.2 Å². The van der Waals surface area contributed by atoms with Gasteiger partial charge in [-0.2, -0.15) is 4.98 Å². The molecule has 0 spiro atoms. The first-order chi connectivity index (χ1) is 20.7. The number of nitrogens with one attached hydrogen (secondary N) is 2. The minimum absolute atomic E-state index is 0.0147. The number of amides is 2. The SMILES string of the molecule is Nc1nc(=O)c2nc(CN(C(=O)[C@H](O)[C@@H](O)[C@H](O)[C@H](O)CO)c3ccc(C(=O)N[C@@H](CCC(=O)O)C(=O)O)cc3)cnc2[nH]1. The van der Waals surface area contributed by atoms with Crippen molar-refractivity contribution in [1.29, 1.82) is 0 Å². The number of H-pyrrole nitrogens is 1. The van der Waals surface area contributed by atoms with Crippen molar-refractivity contribution in [3.8, 4) is 0 Å². The van der Waals surface area contributed by atoms with Gasteiger partial charge < -0.3 is 56.7 Å². The number of hydrogen-bond acceptors (Lipinski definition) is 14. The van der Waals surface area contributed by atoms with Crippen LogP contribution < -0.4 is 21.5 Å². The summed E-state index contributed by atoms with van der Waals surface area (Å²) in [5.41, 5.74) is 4.27. The van der Waals surface area contributed by atoms with Crippen LogP contribution in [-0.4, -0.2) is 116 Å². The molecule has 2 amide bonds. The molecule has 0 unspecified atom stereocenters. The lowest BCUT2D eigenvalue weighted by Gasteiger charge is -2.30. The quantitative estimate of drug-likeness (QED) is 0.0830. The van der Waals surface area contributed by atoms with E-state index in [2.05, 4.69) is 25.3 Å². The van der Waals surface area contributed by atoms with E-state index in [0.717, 1.165) is 11.1 Å². The van der Waals surface area contributed by atoms with Gasteiger partial charge in [-0.1, -0.05) is 0 Å². The van der Waals surface area contributed by atoms with Crippen molar-refractivity contribution in [2.45, 2.75) is 49.8 Å². The van der Waals surface area contributed by atoms with E-state index in [4.69, 9.17) is 15.9 Å². The Kier molecular flexibility index (Phi) is 10.9. The summed E-state index contributed by atoms with van der Waals surface area (Å²) in [7, 11) is 0. The van der Waals surface area contributed by atoms with E-state index in [1.165, 1.54) is 24.3 Å². The van der Waals surface area contributed by atoms with Crippen LogP contribution in [0, 0.1) is 0 Å². The molecule has 0 fully saturated rings. The molecule has 0 aliphatic heterocycles. The Labute approximate surface area is 246 Å². The number of aliphatic carboxylic acids is 2. The number of carbonyl (C=O) groups excluding carboxylic acids is 2. The molecular weight excluding hydrogens is 590 g/mol. The number of fused-ring (bicyclic) bond motifs is 1. The van der Waals surface area contributed by atoms with E-state index in [1.807, 2.05) is 0 Å². The van der Waals surface area contributed by atoms with Gasteiger partial charge in [-0.05, 0) is 30.7 Å². The van der Waals surface area contributed by atoms with Gasteiger partial charge in [0.05, 0.1) is 25.0 Å². The maximum atomic E-state index is 13.4. The first-order valence-electron chi connectivity index (χ1n) is 12.7. The molecule has 0 saturated carbocycles. The summed E-state index contributed by atoms with van der Waals surface area (Å²) >= 11 is 0. The molecule has 5 atom stereocenters. The lowest BCUT2D eigenvalue weighted by Crippen LogP contribution is -2.52. The molecule has 0 saturated heterocycles. The van der Waals surface area contributed by atoms with E-state index < -0.39 is 79.3 Å². The molecule has 0 aliphatic rings. The fourth-order valence-electron chi connectivity index (χ4n) is 3.90. The summed E-state index contributed by atoms with van der Waals surface area (Å²) in [4.78, 5) is 75.6. The van der Waals surface area contributed by atoms with Gasteiger partial charge in [0.15, 0.2) is 17.3 Å². The van der Waals surface area contributed by atoms with Crippen LogP contribution in [0.3, 0.4) is 0 Å². The molecule has 44 heavy (non-hydrogen) atoms. The standard InChI is InChI=1S/C25H29N7O12/c26-25-30-20-16(22(41)31-25)28-11(7-27-20)8-32(23(42)19(39)18(38)17(37)14(34)9-33)12-3-1-10(2-4-12)21(40)29-13(24(43)44)5-6-15(35)36/h1-4,7,13-14,17-19,33-34,37-39H,5-6,8-9H2,(H,29,40)(H,35,36)(H,43,44)(H3,26,27,30,31,41)/t13-,14+,17+,18-,19+/m0/s1. The van der Waals surface area contributed by atoms with Crippen LogP contribution in [0.25, 0.3) is 11.2 Å². The van der Waals surface area contributed by atoms with E-state index in [9.17, 15) is 49.5 Å². The lowest BCUT2D eigenvalue weighted by molar-refractivity contribution is -0.146. The molecule has 19 nitrogen and oxygen atoms in total. The van der Waals surface area contributed by atoms with Gasteiger partial charge in [-0.25, -0.2) is 14.8 Å². The van der Waals surface area contributed by atoms with Gasteiger partial charge in [-0.15, -0.1) is 0 Å². The number of nitrogens with zero attached hydrogens (tertiary/aromatic N) is 4. The van der Waals surface area contributed by atoms with E-state index in [1.54, 1.807) is 0 Å². The lowest BCUT2D eigenvalue weighted by atomic mass is 10.0. The van der Waals surface area contributed by atoms with Gasteiger partial charge >= 0.3 is 17.5 Å². The second-order valence-corrected chi connectivity index (χ2v) is 9.43. The average molecular weight is 620 g/mol. The number of rotatable bonds is 14. The van der Waals surface area contributed by atoms with Crippen molar-refractivity contribution < 1.29 is 54.9 Å². The number of carbonyl (C=O) groups is 4. The second kappa shape index (κ2) is 14.4. The molecule has 11 N–H and O–H groups in total. The number of carboxylic acids is 2. The normalized spacial score (nSPS) is 14.7. The Hall–Kier alpha value is -5.08. The molecular formula is C25H29N7O12. The summed E-state index contributed by atoms with van der Waals surface area (Å²) in [6.07, 6.45) is -8.40. The first-order valence-corrected chi connectivity index (χ1v) is 12.7. The molecule has 236 valence electrons. The summed E-state index contributed by atoms with van der Waals surface area (Å²) < 4.78 is 0. The van der Waals surface area contributed by atoms with Crippen LogP contribution in [-0.2, 0) is 20.9 Å². The van der Waals surface area contributed by atoms with Crippen LogP contribution >= 0.6 is 0 Å². The zero-order valence-corrected chi connectivity index (χ0v) is 22.6. The molecule has 19 heteroatoms. The molecule has 3 aromatic rings. The number of nitrogens with two attached hydrogens (primary N) is 1. The van der Waals surface area contributed by atoms with Gasteiger partial charge in [0.2, 0.25) is 5.95 Å². The monoisotopic (exact) mass is 619 g/mol. The highest BCUT2D eigenvalue weighted by Gasteiger charge is 2.37. The van der Waals surface area contributed by atoms with Crippen LogP contribution in [0.2, 0.25) is 0 Å². The zero-order chi connectivity index (χ0) is 32.7. The largest absolute Gasteiger partial charge is 0.481 e. The van der Waals surface area contributed by atoms with Gasteiger partial charge in [0, 0.05) is 17.7 Å². The maximum absolute atomic E-state index is 13.4. The molecule has 0 bridgehead atoms. The maximum Gasteiger partial charge on any atom is 0.326 e. The summed E-state index contributed by atoms with van der Waals surface area (Å²) in [5, 5.41) is 69.9. The van der Waals surface area contributed by atoms with Crippen molar-refractivity contribution in [1.82, 2.24) is 25.3 Å². The number of benzene rings is 1. The highest BCUT2D eigenvalue weighted by Crippen LogP contribution is 2.21. The Morgan fingerprint density at radius 1 is 1.00 bits per heavy atom. The zero-order valence-electron chi connectivity index (χ0n) is 22.6. The first kappa shape index (κ1) is 33.4. The average Bonchev–Trinajstić information content (AvgIpc) is 2.99. The third-order valence-electron chi connectivity index (χ3n) is 6.28. The minimum atomic E-state index is -2.36. The third-order valence-corrected chi connectivity index (χ3v) is 6.28. The number of aromatic nitrogens is 4. The Morgan fingerprint density at radius 3 is 2.25 bits per heavy atom. The predicted molar refractivity (Wildman–Crippen MR) is 147 cm³/mol. The van der Waals surface area contributed by atoms with Crippen LogP contribution in [0.1, 0.15) is 28.9 Å². The topological polar surface area (TPSA) is 323 Å². The predicted octanol–water partition coefficient (Wildman–Crippen LogP) is -3.69. The highest BCUT2D eigenvalue weighted by atomic mass is 16.4. The summed E-state index contributed by atoms with van der Waals surface area (Å²) in [6, 6.07) is 3.27. The Balaban J connectivity index is 1.94. The number of anilines is 2. The van der Waals surface area contributed by atoms with Crippen molar-refractivity contribution in [2.24, 2.45) is 0 Å². The van der Waals surface area contributed by atoms with E-state index >= 15 is 0 Å². The van der Waals surface area contributed by atoms with Crippen molar-refractivity contribution in [3.05, 3.63) is 52.1 Å². The van der Waals surface area contributed by atoms with Gasteiger partial charge in [0.25, 0.3) is 11.8 Å². The molecule has 2 heterocycles. The molecule has 3 rings (SSSR count).